The number of amides is 1. The van der Waals surface area contributed by atoms with Gasteiger partial charge in [-0.2, -0.15) is 4.31 Å². The number of carbonyl (C=O) groups is 1. The topological polar surface area (TPSA) is 60.9 Å². The number of piperazine rings is 1. The number of hydrogen-bond acceptors (Lipinski definition) is 4. The summed E-state index contributed by atoms with van der Waals surface area (Å²) in [7, 11) is -3.96. The van der Waals surface area contributed by atoms with E-state index in [1.54, 1.807) is 4.90 Å². The average Bonchev–Trinajstić information content (AvgIpc) is 2.79. The number of benzene rings is 2. The van der Waals surface area contributed by atoms with Crippen LogP contribution in [0.4, 0.5) is 10.1 Å². The van der Waals surface area contributed by atoms with Gasteiger partial charge in [-0.3, -0.25) is 4.79 Å². The molecule has 9 heteroatoms. The molecular weight excluding hydrogens is 441 g/mol. The molecule has 1 amide bonds. The Morgan fingerprint density at radius 2 is 1.61 bits per heavy atom. The van der Waals surface area contributed by atoms with Crippen molar-refractivity contribution in [3.05, 3.63) is 58.9 Å². The molecule has 0 bridgehead atoms. The third-order valence-electron chi connectivity index (χ3n) is 5.85. The van der Waals surface area contributed by atoms with Gasteiger partial charge in [-0.15, -0.1) is 0 Å². The highest BCUT2D eigenvalue weighted by Gasteiger charge is 2.30. The Labute approximate surface area is 187 Å². The number of anilines is 1. The van der Waals surface area contributed by atoms with E-state index in [1.165, 1.54) is 16.4 Å². The van der Waals surface area contributed by atoms with E-state index >= 15 is 0 Å². The molecule has 0 N–H and O–H groups in total. The van der Waals surface area contributed by atoms with Crippen molar-refractivity contribution in [2.45, 2.75) is 24.2 Å². The van der Waals surface area contributed by atoms with Gasteiger partial charge in [-0.1, -0.05) is 24.1 Å². The highest BCUT2D eigenvalue weighted by atomic mass is 35.5. The molecule has 2 heterocycles. The summed E-state index contributed by atoms with van der Waals surface area (Å²) in [5.74, 6) is -1.12. The predicted octanol–water partition coefficient (Wildman–Crippen LogP) is 3.62. The molecule has 0 saturated carbocycles. The third kappa shape index (κ3) is 4.71. The van der Waals surface area contributed by atoms with Gasteiger partial charge in [0.2, 0.25) is 10.0 Å². The number of piperidine rings is 1. The first kappa shape index (κ1) is 22.0. The van der Waals surface area contributed by atoms with Crippen molar-refractivity contribution in [3.8, 4) is 0 Å². The number of sulfonamides is 1. The van der Waals surface area contributed by atoms with E-state index < -0.39 is 20.7 Å². The smallest absolute Gasteiger partial charge is 0.254 e. The van der Waals surface area contributed by atoms with Gasteiger partial charge >= 0.3 is 0 Å². The average molecular weight is 466 g/mol. The molecule has 166 valence electrons. The highest BCUT2D eigenvalue weighted by molar-refractivity contribution is 7.89. The molecule has 2 aromatic carbocycles. The van der Waals surface area contributed by atoms with Crippen molar-refractivity contribution in [1.82, 2.24) is 9.21 Å². The monoisotopic (exact) mass is 465 g/mol. The van der Waals surface area contributed by atoms with E-state index in [2.05, 4.69) is 4.90 Å². The molecule has 0 spiro atoms. The van der Waals surface area contributed by atoms with Crippen molar-refractivity contribution >= 4 is 33.2 Å². The van der Waals surface area contributed by atoms with Gasteiger partial charge in [0.15, 0.2) is 0 Å². The lowest BCUT2D eigenvalue weighted by Crippen LogP contribution is -2.48. The Morgan fingerprint density at radius 3 is 2.29 bits per heavy atom. The highest BCUT2D eigenvalue weighted by Crippen LogP contribution is 2.25. The van der Waals surface area contributed by atoms with E-state index in [0.29, 0.717) is 44.3 Å². The third-order valence-corrected chi connectivity index (χ3v) is 8.00. The Morgan fingerprint density at radius 1 is 0.903 bits per heavy atom. The second kappa shape index (κ2) is 9.14. The van der Waals surface area contributed by atoms with Gasteiger partial charge < -0.3 is 9.80 Å². The second-order valence-corrected chi connectivity index (χ2v) is 10.2. The van der Waals surface area contributed by atoms with Crippen LogP contribution in [0.3, 0.4) is 0 Å². The molecule has 31 heavy (non-hydrogen) atoms. The van der Waals surface area contributed by atoms with Gasteiger partial charge in [-0.25, -0.2) is 12.8 Å². The number of carbonyl (C=O) groups excluding carboxylic acids is 1. The molecule has 0 unspecified atom stereocenters. The maximum absolute atomic E-state index is 14.4. The lowest BCUT2D eigenvalue weighted by Gasteiger charge is -2.36. The van der Waals surface area contributed by atoms with Crippen LogP contribution in [0.25, 0.3) is 0 Å². The Hall–Kier alpha value is -2.16. The summed E-state index contributed by atoms with van der Waals surface area (Å²) in [6.45, 7) is 2.99. The zero-order chi connectivity index (χ0) is 22.0. The van der Waals surface area contributed by atoms with Crippen molar-refractivity contribution in [3.63, 3.8) is 0 Å². The fourth-order valence-corrected chi connectivity index (χ4v) is 5.89. The number of hydrogen-bond donors (Lipinski definition) is 0. The molecule has 2 aliphatic rings. The van der Waals surface area contributed by atoms with Gasteiger partial charge in [0, 0.05) is 55.5 Å². The van der Waals surface area contributed by atoms with Gasteiger partial charge in [0.1, 0.15) is 10.7 Å². The Kier molecular flexibility index (Phi) is 6.50. The maximum atomic E-state index is 14.4. The minimum Gasteiger partial charge on any atom is -0.368 e. The van der Waals surface area contributed by atoms with E-state index in [4.69, 9.17) is 11.6 Å². The minimum absolute atomic E-state index is 0.188. The van der Waals surface area contributed by atoms with Crippen molar-refractivity contribution in [2.75, 3.05) is 44.2 Å². The first-order valence-corrected chi connectivity index (χ1v) is 12.3. The zero-order valence-electron chi connectivity index (χ0n) is 17.1. The fraction of sp³-hybridized carbons (Fsp3) is 0.409. The lowest BCUT2D eigenvalue weighted by molar-refractivity contribution is 0.0746. The van der Waals surface area contributed by atoms with Crippen LogP contribution in [0.2, 0.25) is 5.02 Å². The largest absolute Gasteiger partial charge is 0.368 e. The molecule has 0 aromatic heterocycles. The summed E-state index contributed by atoms with van der Waals surface area (Å²) in [5.41, 5.74) is 1.18. The normalized spacial score (nSPS) is 18.3. The van der Waals surface area contributed by atoms with Crippen LogP contribution in [0, 0.1) is 5.82 Å². The van der Waals surface area contributed by atoms with E-state index in [9.17, 15) is 17.6 Å². The van der Waals surface area contributed by atoms with Crippen LogP contribution in [0.5, 0.6) is 0 Å². The van der Waals surface area contributed by atoms with Crippen molar-refractivity contribution < 1.29 is 17.6 Å². The standard InChI is InChI=1S/C22H25ClFN3O3S/c23-18-5-4-6-19(16-18)25-11-13-26(14-12-25)22(28)17-7-8-20(24)21(15-17)31(29,30)27-9-2-1-3-10-27/h4-8,15-16H,1-3,9-14H2. The second-order valence-electron chi connectivity index (χ2n) is 7.87. The molecule has 2 aliphatic heterocycles. The van der Waals surface area contributed by atoms with E-state index in [1.807, 2.05) is 24.3 Å². The summed E-state index contributed by atoms with van der Waals surface area (Å²) < 4.78 is 41.6. The number of halogens is 2. The van der Waals surface area contributed by atoms with E-state index in [-0.39, 0.29) is 11.5 Å². The van der Waals surface area contributed by atoms with E-state index in [0.717, 1.165) is 31.0 Å². The summed E-state index contributed by atoms with van der Waals surface area (Å²) in [4.78, 5) is 16.4. The first-order valence-electron chi connectivity index (χ1n) is 10.5. The molecule has 2 saturated heterocycles. The van der Waals surface area contributed by atoms with Crippen LogP contribution < -0.4 is 4.90 Å². The molecule has 6 nitrogen and oxygen atoms in total. The van der Waals surface area contributed by atoms with Crippen molar-refractivity contribution in [1.29, 1.82) is 0 Å². The quantitative estimate of drug-likeness (QED) is 0.692. The predicted molar refractivity (Wildman–Crippen MR) is 119 cm³/mol. The summed E-state index contributed by atoms with van der Waals surface area (Å²) in [5, 5.41) is 0.657. The molecule has 2 fully saturated rings. The summed E-state index contributed by atoms with van der Waals surface area (Å²) in [6, 6.07) is 11.2. The van der Waals surface area contributed by atoms with Crippen LogP contribution in [-0.4, -0.2) is 62.8 Å². The SMILES string of the molecule is O=C(c1ccc(F)c(S(=O)(=O)N2CCCCC2)c1)N1CCN(c2cccc(Cl)c2)CC1. The number of rotatable bonds is 4. The molecule has 0 atom stereocenters. The Balaban J connectivity index is 1.49. The van der Waals surface area contributed by atoms with Crippen LogP contribution in [0.15, 0.2) is 47.4 Å². The summed E-state index contributed by atoms with van der Waals surface area (Å²) >= 11 is 6.07. The molecule has 4 rings (SSSR count). The minimum atomic E-state index is -3.96. The Bertz CT molecular complexity index is 1070. The first-order chi connectivity index (χ1) is 14.9. The summed E-state index contributed by atoms with van der Waals surface area (Å²) in [6.07, 6.45) is 2.49. The zero-order valence-corrected chi connectivity index (χ0v) is 18.7. The van der Waals surface area contributed by atoms with Crippen LogP contribution >= 0.6 is 11.6 Å². The molecule has 0 radical (unpaired) electrons. The van der Waals surface area contributed by atoms with Crippen molar-refractivity contribution in [2.24, 2.45) is 0 Å². The lowest BCUT2D eigenvalue weighted by atomic mass is 10.1. The maximum Gasteiger partial charge on any atom is 0.254 e. The van der Waals surface area contributed by atoms with Gasteiger partial charge in [0.05, 0.1) is 0 Å². The molecule has 2 aromatic rings. The number of nitrogens with zero attached hydrogens (tertiary/aromatic N) is 3. The van der Waals surface area contributed by atoms with Crippen LogP contribution in [0.1, 0.15) is 29.6 Å². The van der Waals surface area contributed by atoms with Gasteiger partial charge in [0.25, 0.3) is 5.91 Å². The van der Waals surface area contributed by atoms with Gasteiger partial charge in [-0.05, 0) is 49.2 Å². The fourth-order valence-electron chi connectivity index (χ4n) is 4.10. The molecular formula is C22H25ClFN3O3S. The van der Waals surface area contributed by atoms with Crippen LogP contribution in [-0.2, 0) is 10.0 Å². The molecule has 0 aliphatic carbocycles.